The van der Waals surface area contributed by atoms with E-state index >= 15 is 0 Å². The van der Waals surface area contributed by atoms with Crippen molar-refractivity contribution in [2.75, 3.05) is 30.9 Å². The number of anilines is 2. The third-order valence-corrected chi connectivity index (χ3v) is 3.75. The van der Waals surface area contributed by atoms with Gasteiger partial charge in [-0.15, -0.1) is 0 Å². The number of aryl methyl sites for hydroxylation is 1. The first-order valence-electron chi connectivity index (χ1n) is 6.37. The van der Waals surface area contributed by atoms with E-state index in [9.17, 15) is 5.11 Å². The van der Waals surface area contributed by atoms with Crippen molar-refractivity contribution >= 4 is 22.5 Å². The topological polar surface area (TPSA) is 97.4 Å². The lowest BCUT2D eigenvalue weighted by molar-refractivity contribution is 0.142. The average molecular weight is 275 g/mol. The summed E-state index contributed by atoms with van der Waals surface area (Å²) in [6, 6.07) is 1.70. The normalized spacial score (nSPS) is 21.7. The van der Waals surface area contributed by atoms with Gasteiger partial charge in [0, 0.05) is 13.1 Å². The molecule has 0 saturated carbocycles. The fraction of sp³-hybridized carbons (Fsp3) is 0.462. The van der Waals surface area contributed by atoms with E-state index in [-0.39, 0.29) is 6.61 Å². The van der Waals surface area contributed by atoms with Gasteiger partial charge in [0.2, 0.25) is 5.88 Å². The lowest BCUT2D eigenvalue weighted by Gasteiger charge is -2.36. The van der Waals surface area contributed by atoms with Crippen LogP contribution in [0.5, 0.6) is 5.88 Å². The van der Waals surface area contributed by atoms with Crippen molar-refractivity contribution in [2.45, 2.75) is 19.4 Å². The summed E-state index contributed by atoms with van der Waals surface area (Å²) in [5.41, 5.74) is 5.91. The van der Waals surface area contributed by atoms with Crippen molar-refractivity contribution in [3.05, 3.63) is 11.9 Å². The van der Waals surface area contributed by atoms with E-state index in [1.165, 1.54) is 0 Å². The number of nitrogens with two attached hydrogens (primary N) is 1. The highest BCUT2D eigenvalue weighted by Crippen LogP contribution is 2.37. The van der Waals surface area contributed by atoms with Crippen LogP contribution in [0, 0.1) is 6.92 Å². The van der Waals surface area contributed by atoms with Gasteiger partial charge < -0.3 is 20.5 Å². The number of aliphatic hydroxyl groups excluding tert-OH is 1. The summed E-state index contributed by atoms with van der Waals surface area (Å²) in [5.74, 6) is 2.10. The first kappa shape index (κ1) is 12.9. The van der Waals surface area contributed by atoms with E-state index in [1.807, 2.05) is 25.8 Å². The quantitative estimate of drug-likeness (QED) is 0.781. The number of aliphatic hydroxyl groups is 1. The summed E-state index contributed by atoms with van der Waals surface area (Å²) in [6.07, 6.45) is 0. The molecule has 0 radical (unpaired) electrons. The molecule has 0 spiro atoms. The number of pyridine rings is 1. The second kappa shape index (κ2) is 4.17. The van der Waals surface area contributed by atoms with E-state index in [4.69, 9.17) is 10.5 Å². The summed E-state index contributed by atoms with van der Waals surface area (Å²) in [5, 5.41) is 10.4. The molecule has 3 rings (SSSR count). The fourth-order valence-electron chi connectivity index (χ4n) is 2.31. The molecule has 3 heterocycles. The first-order chi connectivity index (χ1) is 9.44. The smallest absolute Gasteiger partial charge is 0.228 e. The highest BCUT2D eigenvalue weighted by atomic mass is 16.5. The van der Waals surface area contributed by atoms with Crippen molar-refractivity contribution in [1.82, 2.24) is 15.0 Å². The molecular weight excluding hydrogens is 258 g/mol. The van der Waals surface area contributed by atoms with Gasteiger partial charge in [-0.25, -0.2) is 9.97 Å². The molecule has 3 N–H and O–H groups in total. The zero-order valence-electron chi connectivity index (χ0n) is 11.7. The molecule has 0 unspecified atom stereocenters. The highest BCUT2D eigenvalue weighted by molar-refractivity contribution is 5.95. The Morgan fingerprint density at radius 2 is 2.20 bits per heavy atom. The molecule has 2 aromatic rings. The standard InChI is InChI=1S/C13H17N5O2/c1-7-15-8-4-9(14)17-12-10(8)11(16-7)18(3)13(2,5-19)6-20-12/h4,19H,5-6H2,1-3H3,(H2,14,17)/t13-/m1/s1. The predicted octanol–water partition coefficient (Wildman–Crippen LogP) is 0.495. The maximum atomic E-state index is 9.69. The molecule has 0 aromatic carbocycles. The lowest BCUT2D eigenvalue weighted by atomic mass is 10.0. The third-order valence-electron chi connectivity index (χ3n) is 3.75. The number of likely N-dealkylation sites (N-methyl/N-ethyl adjacent to an activating group) is 1. The van der Waals surface area contributed by atoms with Gasteiger partial charge >= 0.3 is 0 Å². The molecule has 20 heavy (non-hydrogen) atoms. The summed E-state index contributed by atoms with van der Waals surface area (Å²) < 4.78 is 5.75. The number of hydrogen-bond donors (Lipinski definition) is 2. The van der Waals surface area contributed by atoms with Crippen LogP contribution in [0.25, 0.3) is 10.9 Å². The number of nitrogen functional groups attached to an aromatic ring is 1. The summed E-state index contributed by atoms with van der Waals surface area (Å²) in [7, 11) is 1.88. The van der Waals surface area contributed by atoms with Gasteiger partial charge in [0.05, 0.1) is 17.7 Å². The van der Waals surface area contributed by atoms with Crippen molar-refractivity contribution in [1.29, 1.82) is 0 Å². The Morgan fingerprint density at radius 1 is 1.45 bits per heavy atom. The van der Waals surface area contributed by atoms with E-state index in [2.05, 4.69) is 15.0 Å². The fourth-order valence-corrected chi connectivity index (χ4v) is 2.31. The van der Waals surface area contributed by atoms with Crippen LogP contribution in [0.1, 0.15) is 12.7 Å². The van der Waals surface area contributed by atoms with Gasteiger partial charge in [0.1, 0.15) is 29.5 Å². The number of hydrogen-bond acceptors (Lipinski definition) is 7. The second-order valence-electron chi connectivity index (χ2n) is 5.34. The average Bonchev–Trinajstić information content (AvgIpc) is 2.50. The molecule has 7 nitrogen and oxygen atoms in total. The first-order valence-corrected chi connectivity index (χ1v) is 6.37. The lowest BCUT2D eigenvalue weighted by Crippen LogP contribution is -2.51. The van der Waals surface area contributed by atoms with Crippen LogP contribution in [0.15, 0.2) is 6.07 Å². The van der Waals surface area contributed by atoms with Crippen LogP contribution < -0.4 is 15.4 Å². The number of nitrogens with zero attached hydrogens (tertiary/aromatic N) is 4. The molecule has 7 heteroatoms. The minimum Gasteiger partial charge on any atom is -0.474 e. The van der Waals surface area contributed by atoms with Crippen LogP contribution >= 0.6 is 0 Å². The van der Waals surface area contributed by atoms with Gasteiger partial charge in [-0.2, -0.15) is 4.98 Å². The molecule has 2 aromatic heterocycles. The van der Waals surface area contributed by atoms with Gasteiger partial charge in [0.25, 0.3) is 0 Å². The van der Waals surface area contributed by atoms with E-state index < -0.39 is 5.54 Å². The van der Waals surface area contributed by atoms with Crippen LogP contribution in [0.3, 0.4) is 0 Å². The molecule has 0 aliphatic carbocycles. The molecule has 0 bridgehead atoms. The zero-order chi connectivity index (χ0) is 14.5. The van der Waals surface area contributed by atoms with Gasteiger partial charge in [0.15, 0.2) is 0 Å². The van der Waals surface area contributed by atoms with Crippen molar-refractivity contribution in [3.63, 3.8) is 0 Å². The summed E-state index contributed by atoms with van der Waals surface area (Å²) in [6.45, 7) is 3.96. The third kappa shape index (κ3) is 1.74. The Bertz CT molecular complexity index is 685. The van der Waals surface area contributed by atoms with E-state index in [0.717, 1.165) is 5.39 Å². The monoisotopic (exact) mass is 275 g/mol. The largest absolute Gasteiger partial charge is 0.474 e. The van der Waals surface area contributed by atoms with Crippen LogP contribution in [-0.4, -0.2) is 45.9 Å². The highest BCUT2D eigenvalue weighted by Gasteiger charge is 2.36. The molecule has 0 amide bonds. The molecule has 106 valence electrons. The SMILES string of the molecule is Cc1nc2c3c(nc(N)cc3n1)OC[C@@](C)(CO)N2C. The summed E-state index contributed by atoms with van der Waals surface area (Å²) >= 11 is 0. The number of ether oxygens (including phenoxy) is 1. The Morgan fingerprint density at radius 3 is 2.90 bits per heavy atom. The molecule has 0 saturated heterocycles. The maximum absolute atomic E-state index is 9.69. The van der Waals surface area contributed by atoms with E-state index in [0.29, 0.717) is 35.5 Å². The number of rotatable bonds is 1. The van der Waals surface area contributed by atoms with Crippen LogP contribution in [0.4, 0.5) is 11.6 Å². The minimum absolute atomic E-state index is 0.0580. The van der Waals surface area contributed by atoms with Crippen molar-refractivity contribution in [3.8, 4) is 5.88 Å². The van der Waals surface area contributed by atoms with Crippen molar-refractivity contribution < 1.29 is 9.84 Å². The maximum Gasteiger partial charge on any atom is 0.228 e. The van der Waals surface area contributed by atoms with Crippen LogP contribution in [0.2, 0.25) is 0 Å². The molecule has 1 aliphatic rings. The van der Waals surface area contributed by atoms with Gasteiger partial charge in [-0.3, -0.25) is 0 Å². The zero-order valence-corrected chi connectivity index (χ0v) is 11.7. The summed E-state index contributed by atoms with van der Waals surface area (Å²) in [4.78, 5) is 15.0. The Balaban J connectivity index is 2.36. The second-order valence-corrected chi connectivity index (χ2v) is 5.34. The van der Waals surface area contributed by atoms with E-state index in [1.54, 1.807) is 6.07 Å². The molecule has 0 fully saturated rings. The van der Waals surface area contributed by atoms with Crippen molar-refractivity contribution in [2.24, 2.45) is 0 Å². The molecule has 1 aliphatic heterocycles. The minimum atomic E-state index is -0.580. The number of aromatic nitrogens is 3. The van der Waals surface area contributed by atoms with Crippen LogP contribution in [-0.2, 0) is 0 Å². The Kier molecular flexibility index (Phi) is 2.68. The Labute approximate surface area is 116 Å². The molecule has 1 atom stereocenters. The van der Waals surface area contributed by atoms with Gasteiger partial charge in [-0.05, 0) is 13.8 Å². The Hall–Kier alpha value is -2.15. The molecular formula is C13H17N5O2. The predicted molar refractivity (Wildman–Crippen MR) is 75.9 cm³/mol. The van der Waals surface area contributed by atoms with Gasteiger partial charge in [-0.1, -0.05) is 0 Å².